The Bertz CT molecular complexity index is 717. The van der Waals surface area contributed by atoms with E-state index in [0.29, 0.717) is 20.9 Å². The van der Waals surface area contributed by atoms with Crippen molar-refractivity contribution in [3.8, 4) is 5.75 Å². The second-order valence-electron chi connectivity index (χ2n) is 4.80. The van der Waals surface area contributed by atoms with Crippen molar-refractivity contribution in [2.45, 2.75) is 13.5 Å². The molecule has 0 atom stereocenters. The molecule has 0 saturated heterocycles. The van der Waals surface area contributed by atoms with E-state index >= 15 is 0 Å². The second-order valence-corrected chi connectivity index (χ2v) is 6.02. The lowest BCUT2D eigenvalue weighted by Crippen LogP contribution is -2.82. The molecule has 0 aliphatic rings. The molecule has 0 aliphatic heterocycles. The highest BCUT2D eigenvalue weighted by Gasteiger charge is 2.09. The molecule has 2 rings (SSSR count). The molecule has 0 bridgehead atoms. The van der Waals surface area contributed by atoms with Gasteiger partial charge in [-0.1, -0.05) is 41.4 Å². The minimum absolute atomic E-state index is 0.284. The van der Waals surface area contributed by atoms with Gasteiger partial charge in [0, 0.05) is 22.2 Å². The summed E-state index contributed by atoms with van der Waals surface area (Å²) in [6.07, 6.45) is 1.77. The third-order valence-corrected chi connectivity index (χ3v) is 4.06. The first-order valence-electron chi connectivity index (χ1n) is 7.39. The normalized spacial score (nSPS) is 10.6. The predicted octanol–water partition coefficient (Wildman–Crippen LogP) is 2.47. The van der Waals surface area contributed by atoms with Crippen LogP contribution in [0.5, 0.6) is 5.75 Å². The summed E-state index contributed by atoms with van der Waals surface area (Å²) in [6.45, 7) is 3.01. The van der Waals surface area contributed by atoms with E-state index in [4.69, 9.17) is 40.2 Å². The van der Waals surface area contributed by atoms with E-state index in [9.17, 15) is 0 Å². The van der Waals surface area contributed by atoms with E-state index in [0.717, 1.165) is 17.7 Å². The van der Waals surface area contributed by atoms with Crippen molar-refractivity contribution in [3.05, 3.63) is 63.6 Å². The standard InChI is InChI=1S/C17H17Cl2N3OS/c1-2-20-17(24)22-21-10-12-6-3-4-9-16(12)23-11-13-14(18)7-5-8-15(13)19/h3-10H,2,11H2,1H3,(H2,20,22,24)/p+1. The smallest absolute Gasteiger partial charge is 0.223 e. The van der Waals surface area contributed by atoms with E-state index in [1.165, 1.54) is 0 Å². The first kappa shape index (κ1) is 18.5. The molecule has 0 spiro atoms. The quantitative estimate of drug-likeness (QED) is 0.408. The first-order chi connectivity index (χ1) is 11.6. The zero-order chi connectivity index (χ0) is 17.4. The van der Waals surface area contributed by atoms with Gasteiger partial charge in [-0.3, -0.25) is 0 Å². The summed E-state index contributed by atoms with van der Waals surface area (Å²) < 4.78 is 5.87. The minimum Gasteiger partial charge on any atom is -0.488 e. The zero-order valence-electron chi connectivity index (χ0n) is 13.1. The number of hydrogen-bond acceptors (Lipinski definition) is 2. The molecular formula is C17H18Cl2N3OS+. The molecule has 0 heterocycles. The third-order valence-electron chi connectivity index (χ3n) is 3.10. The van der Waals surface area contributed by atoms with Gasteiger partial charge < -0.3 is 10.1 Å². The largest absolute Gasteiger partial charge is 0.488 e. The molecule has 0 amide bonds. The molecule has 126 valence electrons. The van der Waals surface area contributed by atoms with Crippen molar-refractivity contribution in [2.75, 3.05) is 6.54 Å². The van der Waals surface area contributed by atoms with Crippen molar-refractivity contribution in [1.82, 2.24) is 10.7 Å². The lowest BCUT2D eigenvalue weighted by molar-refractivity contribution is -0.500. The summed E-state index contributed by atoms with van der Waals surface area (Å²) in [5.74, 6) is 0.706. The Morgan fingerprint density at radius 3 is 2.58 bits per heavy atom. The number of hydrogen-bond donors (Lipinski definition) is 3. The van der Waals surface area contributed by atoms with Gasteiger partial charge in [-0.2, -0.15) is 0 Å². The number of hydrazone groups is 1. The van der Waals surface area contributed by atoms with Crippen molar-refractivity contribution in [1.29, 1.82) is 0 Å². The molecule has 3 N–H and O–H groups in total. The second kappa shape index (κ2) is 9.47. The SMILES string of the molecule is CCNC(=S)N[NH+]=Cc1ccccc1OCc1c(Cl)cccc1Cl. The van der Waals surface area contributed by atoms with Gasteiger partial charge in [0.15, 0.2) is 0 Å². The molecule has 0 saturated carbocycles. The zero-order valence-corrected chi connectivity index (χ0v) is 15.4. The van der Waals surface area contributed by atoms with Crippen LogP contribution in [-0.4, -0.2) is 17.9 Å². The molecule has 7 heteroatoms. The van der Waals surface area contributed by atoms with E-state index < -0.39 is 0 Å². The van der Waals surface area contributed by atoms with E-state index in [1.807, 2.05) is 31.2 Å². The lowest BCUT2D eigenvalue weighted by Gasteiger charge is -2.10. The fraction of sp³-hybridized carbons (Fsp3) is 0.176. The number of benzene rings is 2. The van der Waals surface area contributed by atoms with Crippen LogP contribution >= 0.6 is 35.4 Å². The van der Waals surface area contributed by atoms with Crippen molar-refractivity contribution in [3.63, 3.8) is 0 Å². The van der Waals surface area contributed by atoms with Gasteiger partial charge in [0.2, 0.25) is 11.3 Å². The number of hydrazine groups is 1. The topological polar surface area (TPSA) is 47.3 Å². The van der Waals surface area contributed by atoms with Gasteiger partial charge in [-0.15, -0.1) is 10.5 Å². The average Bonchev–Trinajstić information content (AvgIpc) is 2.56. The van der Waals surface area contributed by atoms with Gasteiger partial charge in [-0.05, 0) is 43.4 Å². The molecule has 2 aromatic carbocycles. The Balaban J connectivity index is 2.06. The van der Waals surface area contributed by atoms with Crippen LogP contribution in [0.1, 0.15) is 18.1 Å². The van der Waals surface area contributed by atoms with Crippen molar-refractivity contribution >= 4 is 46.7 Å². The molecule has 4 nitrogen and oxygen atoms in total. The van der Waals surface area contributed by atoms with E-state index in [2.05, 4.69) is 15.8 Å². The minimum atomic E-state index is 0.284. The van der Waals surface area contributed by atoms with Crippen LogP contribution in [0.2, 0.25) is 10.0 Å². The summed E-state index contributed by atoms with van der Waals surface area (Å²) >= 11 is 17.4. The van der Waals surface area contributed by atoms with E-state index in [-0.39, 0.29) is 6.61 Å². The van der Waals surface area contributed by atoms with Gasteiger partial charge in [0.25, 0.3) is 0 Å². The lowest BCUT2D eigenvalue weighted by atomic mass is 10.2. The van der Waals surface area contributed by atoms with Crippen LogP contribution in [0, 0.1) is 0 Å². The van der Waals surface area contributed by atoms with Crippen molar-refractivity contribution < 1.29 is 9.84 Å². The monoisotopic (exact) mass is 382 g/mol. The number of para-hydroxylation sites is 1. The Morgan fingerprint density at radius 2 is 1.88 bits per heavy atom. The molecular weight excluding hydrogens is 365 g/mol. The summed E-state index contributed by atoms with van der Waals surface area (Å²) in [5.41, 5.74) is 4.50. The molecule has 0 aliphatic carbocycles. The van der Waals surface area contributed by atoms with Crippen LogP contribution < -0.4 is 20.6 Å². The number of rotatable bonds is 6. The van der Waals surface area contributed by atoms with Crippen LogP contribution in [0.25, 0.3) is 0 Å². The fourth-order valence-electron chi connectivity index (χ4n) is 1.94. The Labute approximate surface area is 156 Å². The molecule has 24 heavy (non-hydrogen) atoms. The fourth-order valence-corrected chi connectivity index (χ4v) is 2.65. The Hall–Kier alpha value is -1.82. The summed E-state index contributed by atoms with van der Waals surface area (Å²) in [6, 6.07) is 13.0. The molecule has 2 aromatic rings. The third kappa shape index (κ3) is 5.37. The highest BCUT2D eigenvalue weighted by molar-refractivity contribution is 7.80. The van der Waals surface area contributed by atoms with Gasteiger partial charge >= 0.3 is 0 Å². The van der Waals surface area contributed by atoms with Gasteiger partial charge in [-0.25, -0.2) is 0 Å². The first-order valence-corrected chi connectivity index (χ1v) is 8.55. The van der Waals surface area contributed by atoms with Crippen molar-refractivity contribution in [2.24, 2.45) is 0 Å². The Kier molecular flexibility index (Phi) is 7.31. The van der Waals surface area contributed by atoms with Crippen LogP contribution in [-0.2, 0) is 6.61 Å². The summed E-state index contributed by atoms with van der Waals surface area (Å²) in [7, 11) is 0. The molecule has 0 aromatic heterocycles. The highest BCUT2D eigenvalue weighted by atomic mass is 35.5. The Morgan fingerprint density at radius 1 is 1.17 bits per heavy atom. The molecule has 0 unspecified atom stereocenters. The average molecular weight is 383 g/mol. The molecule has 0 radical (unpaired) electrons. The van der Waals surface area contributed by atoms with Gasteiger partial charge in [0.05, 0.1) is 5.56 Å². The number of halogens is 2. The predicted molar refractivity (Wildman–Crippen MR) is 103 cm³/mol. The maximum atomic E-state index is 6.17. The highest BCUT2D eigenvalue weighted by Crippen LogP contribution is 2.26. The maximum absolute atomic E-state index is 6.17. The van der Waals surface area contributed by atoms with Crippen LogP contribution in [0.15, 0.2) is 42.5 Å². The maximum Gasteiger partial charge on any atom is 0.223 e. The summed E-state index contributed by atoms with van der Waals surface area (Å²) in [5, 5.41) is 7.61. The van der Waals surface area contributed by atoms with Gasteiger partial charge in [0.1, 0.15) is 12.4 Å². The molecule has 0 fully saturated rings. The number of ether oxygens (including phenoxy) is 1. The summed E-state index contributed by atoms with van der Waals surface area (Å²) in [4.78, 5) is 0. The van der Waals surface area contributed by atoms with Crippen LogP contribution in [0.3, 0.4) is 0 Å². The number of nitrogens with one attached hydrogen (secondary N) is 3. The van der Waals surface area contributed by atoms with Crippen LogP contribution in [0.4, 0.5) is 0 Å². The van der Waals surface area contributed by atoms with E-state index in [1.54, 1.807) is 24.4 Å². The number of thiocarbonyl (C=S) groups is 1.